The monoisotopic (exact) mass is 589 g/mol. The summed E-state index contributed by atoms with van der Waals surface area (Å²) in [6.45, 7) is 2.43. The van der Waals surface area contributed by atoms with Crippen LogP contribution in [0.5, 0.6) is 0 Å². The number of carbonyl (C=O) groups excluding carboxylic acids is 2. The number of pyridine rings is 2. The Bertz CT molecular complexity index is 1480. The van der Waals surface area contributed by atoms with E-state index in [-0.39, 0.29) is 34.5 Å². The topological polar surface area (TPSA) is 123 Å². The first-order chi connectivity index (χ1) is 19.1. The molecule has 2 N–H and O–H groups in total. The summed E-state index contributed by atoms with van der Waals surface area (Å²) < 4.78 is 39.3. The molecule has 40 heavy (non-hydrogen) atoms. The minimum absolute atomic E-state index is 0.0817. The van der Waals surface area contributed by atoms with Gasteiger partial charge in [-0.15, -0.1) is 11.3 Å². The van der Waals surface area contributed by atoms with Gasteiger partial charge in [-0.25, -0.2) is 19.9 Å². The van der Waals surface area contributed by atoms with Gasteiger partial charge in [0.15, 0.2) is 5.78 Å². The van der Waals surface area contributed by atoms with Crippen molar-refractivity contribution in [1.29, 1.82) is 0 Å². The number of aromatic nitrogens is 5. The van der Waals surface area contributed by atoms with Gasteiger partial charge in [-0.1, -0.05) is 24.6 Å². The van der Waals surface area contributed by atoms with E-state index < -0.39 is 22.7 Å². The fourth-order valence-corrected chi connectivity index (χ4v) is 4.71. The van der Waals surface area contributed by atoms with E-state index in [1.165, 1.54) is 12.5 Å². The van der Waals surface area contributed by atoms with Gasteiger partial charge in [0.1, 0.15) is 28.5 Å². The summed E-state index contributed by atoms with van der Waals surface area (Å²) in [6, 6.07) is 8.02. The average Bonchev–Trinajstić information content (AvgIpc) is 3.43. The molecule has 14 heteroatoms. The van der Waals surface area contributed by atoms with E-state index >= 15 is 0 Å². The first-order valence-electron chi connectivity index (χ1n) is 12.1. The highest BCUT2D eigenvalue weighted by Gasteiger charge is 2.34. The zero-order valence-electron chi connectivity index (χ0n) is 21.1. The van der Waals surface area contributed by atoms with Gasteiger partial charge < -0.3 is 10.6 Å². The molecule has 0 radical (unpaired) electrons. The number of hydrogen-bond donors (Lipinski definition) is 2. The maximum absolute atomic E-state index is 13.1. The predicted octanol–water partition coefficient (Wildman–Crippen LogP) is 6.07. The lowest BCUT2D eigenvalue weighted by atomic mass is 10.0. The molecule has 4 rings (SSSR count). The molecule has 4 aromatic rings. The summed E-state index contributed by atoms with van der Waals surface area (Å²) in [7, 11) is 0. The molecule has 0 saturated carbocycles. The third-order valence-corrected chi connectivity index (χ3v) is 7.19. The molecule has 0 saturated heterocycles. The van der Waals surface area contributed by atoms with Crippen molar-refractivity contribution in [2.45, 2.75) is 38.3 Å². The lowest BCUT2D eigenvalue weighted by Crippen LogP contribution is -2.13. The highest BCUT2D eigenvalue weighted by Crippen LogP contribution is 2.35. The van der Waals surface area contributed by atoms with Gasteiger partial charge in [-0.05, 0) is 31.0 Å². The van der Waals surface area contributed by atoms with Gasteiger partial charge in [0, 0.05) is 43.0 Å². The van der Waals surface area contributed by atoms with Crippen molar-refractivity contribution in [3.05, 3.63) is 87.1 Å². The number of alkyl halides is 3. The molecular weight excluding hydrogens is 567 g/mol. The molecule has 1 atom stereocenters. The number of anilines is 2. The van der Waals surface area contributed by atoms with Gasteiger partial charge in [-0.2, -0.15) is 13.2 Å². The first-order valence-corrected chi connectivity index (χ1v) is 13.3. The largest absolute Gasteiger partial charge is 0.418 e. The zero-order valence-corrected chi connectivity index (χ0v) is 22.6. The zero-order chi connectivity index (χ0) is 28.7. The summed E-state index contributed by atoms with van der Waals surface area (Å²) in [5, 5.41) is 5.45. The standard InChI is InChI=1S/C26H23ClF3N7O2S/c1-15(9-20(38)19-11-22(36-14-35-19)32-8-4-6-16-5-2-3-7-31-16)25-34-13-21(40-25)24(39)37-23-10-17(26(28,29)30)18(27)12-33-23/h2-3,5,7,10-15H,4,6,8-9H2,1H3,(H,32,35,36)(H,33,37,39). The minimum Gasteiger partial charge on any atom is -0.370 e. The van der Waals surface area contributed by atoms with E-state index in [4.69, 9.17) is 11.6 Å². The van der Waals surface area contributed by atoms with E-state index in [1.54, 1.807) is 19.2 Å². The molecule has 0 bridgehead atoms. The summed E-state index contributed by atoms with van der Waals surface area (Å²) in [5.74, 6) is -1.01. The van der Waals surface area contributed by atoms with Crippen LogP contribution < -0.4 is 10.6 Å². The first kappa shape index (κ1) is 29.0. The lowest BCUT2D eigenvalue weighted by Gasteiger charge is -2.10. The van der Waals surface area contributed by atoms with E-state index in [1.807, 2.05) is 18.2 Å². The van der Waals surface area contributed by atoms with Crippen molar-refractivity contribution in [1.82, 2.24) is 24.9 Å². The van der Waals surface area contributed by atoms with E-state index in [2.05, 4.69) is 35.6 Å². The molecule has 0 aliphatic carbocycles. The number of halogens is 4. The van der Waals surface area contributed by atoms with Gasteiger partial charge in [0.05, 0.1) is 21.8 Å². The molecule has 1 amide bonds. The second kappa shape index (κ2) is 12.9. The van der Waals surface area contributed by atoms with Crippen LogP contribution in [0.4, 0.5) is 24.8 Å². The van der Waals surface area contributed by atoms with Crippen LogP contribution in [0.15, 0.2) is 55.2 Å². The number of nitrogens with one attached hydrogen (secondary N) is 2. The van der Waals surface area contributed by atoms with Crippen molar-refractivity contribution in [2.75, 3.05) is 17.2 Å². The van der Waals surface area contributed by atoms with Crippen molar-refractivity contribution in [3.8, 4) is 0 Å². The van der Waals surface area contributed by atoms with Crippen LogP contribution in [0.3, 0.4) is 0 Å². The Morgan fingerprint density at radius 2 is 1.88 bits per heavy atom. The van der Waals surface area contributed by atoms with E-state index in [9.17, 15) is 22.8 Å². The fraction of sp³-hybridized carbons (Fsp3) is 0.269. The van der Waals surface area contributed by atoms with Crippen LogP contribution in [0.1, 0.15) is 62.1 Å². The molecule has 208 valence electrons. The number of thiazole rings is 1. The number of Topliss-reactive ketones (excluding diaryl/α,β-unsaturated/α-hetero) is 1. The number of nitrogens with zero attached hydrogens (tertiary/aromatic N) is 5. The smallest absolute Gasteiger partial charge is 0.370 e. The van der Waals surface area contributed by atoms with Crippen molar-refractivity contribution < 1.29 is 22.8 Å². The Morgan fingerprint density at radius 3 is 2.62 bits per heavy atom. The molecule has 0 aliphatic heterocycles. The fourth-order valence-electron chi connectivity index (χ4n) is 3.63. The summed E-state index contributed by atoms with van der Waals surface area (Å²) in [6.07, 6.45) is 2.22. The average molecular weight is 590 g/mol. The van der Waals surface area contributed by atoms with Gasteiger partial charge in [0.2, 0.25) is 0 Å². The number of rotatable bonds is 11. The molecule has 0 spiro atoms. The lowest BCUT2D eigenvalue weighted by molar-refractivity contribution is -0.137. The van der Waals surface area contributed by atoms with Gasteiger partial charge in [-0.3, -0.25) is 14.6 Å². The number of amides is 1. The third-order valence-electron chi connectivity index (χ3n) is 5.66. The molecule has 0 aromatic carbocycles. The van der Waals surface area contributed by atoms with Crippen LogP contribution in [0, 0.1) is 0 Å². The van der Waals surface area contributed by atoms with Crippen LogP contribution in [0.2, 0.25) is 5.02 Å². The Labute approximate surface area is 236 Å². The van der Waals surface area contributed by atoms with Crippen LogP contribution >= 0.6 is 22.9 Å². The maximum atomic E-state index is 13.1. The Hall–Kier alpha value is -3.97. The molecule has 1 unspecified atom stereocenters. The second-order valence-electron chi connectivity index (χ2n) is 8.73. The summed E-state index contributed by atoms with van der Waals surface area (Å²) >= 11 is 6.60. The number of hydrogen-bond acceptors (Lipinski definition) is 9. The number of carbonyl (C=O) groups is 2. The molecule has 0 aliphatic rings. The molecular formula is C26H23ClF3N7O2S. The highest BCUT2D eigenvalue weighted by molar-refractivity contribution is 7.13. The summed E-state index contributed by atoms with van der Waals surface area (Å²) in [5.41, 5.74) is 0.138. The Balaban J connectivity index is 1.31. The SMILES string of the molecule is CC(CC(=O)c1cc(NCCCc2ccccn2)ncn1)c1ncc(C(=O)Nc2cc(C(F)(F)F)c(Cl)cn2)s1. The molecule has 4 heterocycles. The Morgan fingerprint density at radius 1 is 1.05 bits per heavy atom. The van der Waals surface area contributed by atoms with Crippen LogP contribution in [0.25, 0.3) is 0 Å². The van der Waals surface area contributed by atoms with E-state index in [0.29, 0.717) is 23.4 Å². The van der Waals surface area contributed by atoms with Crippen molar-refractivity contribution in [3.63, 3.8) is 0 Å². The summed E-state index contributed by atoms with van der Waals surface area (Å²) in [4.78, 5) is 46.1. The van der Waals surface area contributed by atoms with E-state index in [0.717, 1.165) is 36.1 Å². The van der Waals surface area contributed by atoms with Crippen LogP contribution in [-0.2, 0) is 12.6 Å². The molecule has 0 fully saturated rings. The molecule has 4 aromatic heterocycles. The molecule has 9 nitrogen and oxygen atoms in total. The second-order valence-corrected chi connectivity index (χ2v) is 10.2. The van der Waals surface area contributed by atoms with Gasteiger partial charge in [0.25, 0.3) is 5.91 Å². The number of aryl methyl sites for hydroxylation is 1. The Kier molecular flexibility index (Phi) is 9.38. The van der Waals surface area contributed by atoms with Crippen LogP contribution in [-0.4, -0.2) is 43.2 Å². The van der Waals surface area contributed by atoms with Crippen molar-refractivity contribution in [2.24, 2.45) is 0 Å². The third kappa shape index (κ3) is 7.79. The maximum Gasteiger partial charge on any atom is 0.418 e. The predicted molar refractivity (Wildman–Crippen MR) is 145 cm³/mol. The normalized spacial score (nSPS) is 12.1. The number of ketones is 1. The van der Waals surface area contributed by atoms with Crippen molar-refractivity contribution >= 4 is 46.3 Å². The highest BCUT2D eigenvalue weighted by atomic mass is 35.5. The quantitative estimate of drug-likeness (QED) is 0.160. The van der Waals surface area contributed by atoms with Gasteiger partial charge >= 0.3 is 6.18 Å². The minimum atomic E-state index is -4.69.